The molecule has 0 fully saturated rings. The van der Waals surface area contributed by atoms with Crippen molar-refractivity contribution in [3.8, 4) is 0 Å². The molecule has 2 N–H and O–H groups in total. The van der Waals surface area contributed by atoms with Crippen LogP contribution in [-0.2, 0) is 7.05 Å². The summed E-state index contributed by atoms with van der Waals surface area (Å²) < 4.78 is 1.99. The van der Waals surface area contributed by atoms with Gasteiger partial charge in [-0.2, -0.15) is 0 Å². The summed E-state index contributed by atoms with van der Waals surface area (Å²) in [6.07, 6.45) is 3.63. The number of rotatable bonds is 2. The third-order valence-corrected chi connectivity index (χ3v) is 3.54. The predicted octanol–water partition coefficient (Wildman–Crippen LogP) is 1.95. The lowest BCUT2D eigenvalue weighted by atomic mass is 10.1. The number of benzene rings is 1. The minimum atomic E-state index is 0.0775. The molecule has 1 aliphatic heterocycles. The minimum absolute atomic E-state index is 0.0775. The van der Waals surface area contributed by atoms with Gasteiger partial charge < -0.3 is 15.2 Å². The Kier molecular flexibility index (Phi) is 2.91. The van der Waals surface area contributed by atoms with Gasteiger partial charge in [-0.05, 0) is 24.3 Å². The van der Waals surface area contributed by atoms with Crippen LogP contribution in [0, 0.1) is 0 Å². The number of aryl methyl sites for hydroxylation is 1. The van der Waals surface area contributed by atoms with Crippen LogP contribution in [0.4, 0.5) is 5.69 Å². The molecule has 0 aliphatic carbocycles. The lowest BCUT2D eigenvalue weighted by Gasteiger charge is -2.26. The Hall–Kier alpha value is -2.01. The molecule has 19 heavy (non-hydrogen) atoms. The molecule has 0 saturated carbocycles. The Morgan fingerprint density at radius 1 is 1.32 bits per heavy atom. The predicted molar refractivity (Wildman–Crippen MR) is 76.4 cm³/mol. The van der Waals surface area contributed by atoms with Gasteiger partial charge in [-0.1, -0.05) is 11.6 Å². The van der Waals surface area contributed by atoms with Gasteiger partial charge in [0.1, 0.15) is 0 Å². The van der Waals surface area contributed by atoms with Crippen LogP contribution in [0.15, 0.2) is 41.8 Å². The smallest absolute Gasteiger partial charge is 0.196 e. The summed E-state index contributed by atoms with van der Waals surface area (Å²) in [5, 5.41) is 0.704. The summed E-state index contributed by atoms with van der Waals surface area (Å²) in [4.78, 5) is 10.5. The Labute approximate surface area is 116 Å². The zero-order valence-corrected chi connectivity index (χ0v) is 11.2. The standard InChI is InChI=1S/C13H14ClN5/c1-18-8-16-6-11(18)12-7-17-13(15)19(12)10-4-2-9(14)3-5-10/h2-6,8,12H,7H2,1H3,(H2,15,17). The summed E-state index contributed by atoms with van der Waals surface area (Å²) in [6.45, 7) is 0.633. The first-order valence-corrected chi connectivity index (χ1v) is 6.35. The molecule has 0 saturated heterocycles. The quantitative estimate of drug-likeness (QED) is 0.911. The van der Waals surface area contributed by atoms with E-state index < -0.39 is 0 Å². The van der Waals surface area contributed by atoms with Gasteiger partial charge in [-0.15, -0.1) is 0 Å². The van der Waals surface area contributed by atoms with Crippen LogP contribution >= 0.6 is 11.6 Å². The van der Waals surface area contributed by atoms with Crippen molar-refractivity contribution in [3.63, 3.8) is 0 Å². The van der Waals surface area contributed by atoms with Crippen LogP contribution in [0.25, 0.3) is 0 Å². The van der Waals surface area contributed by atoms with Gasteiger partial charge >= 0.3 is 0 Å². The highest BCUT2D eigenvalue weighted by Crippen LogP contribution is 2.31. The molecule has 1 unspecified atom stereocenters. The number of hydrogen-bond donors (Lipinski definition) is 1. The van der Waals surface area contributed by atoms with E-state index in [0.29, 0.717) is 17.5 Å². The molecule has 1 aromatic heterocycles. The zero-order valence-electron chi connectivity index (χ0n) is 10.5. The second kappa shape index (κ2) is 4.59. The highest BCUT2D eigenvalue weighted by molar-refractivity contribution is 6.30. The van der Waals surface area contributed by atoms with Crippen LogP contribution in [-0.4, -0.2) is 22.1 Å². The number of aromatic nitrogens is 2. The molecule has 2 aromatic rings. The second-order valence-electron chi connectivity index (χ2n) is 4.49. The van der Waals surface area contributed by atoms with E-state index in [1.807, 2.05) is 47.0 Å². The first-order valence-electron chi connectivity index (χ1n) is 5.98. The maximum atomic E-state index is 6.01. The third-order valence-electron chi connectivity index (χ3n) is 3.28. The van der Waals surface area contributed by atoms with Crippen LogP contribution in [0.3, 0.4) is 0 Å². The number of guanidine groups is 1. The molecule has 5 nitrogen and oxygen atoms in total. The van der Waals surface area contributed by atoms with Gasteiger partial charge in [0.15, 0.2) is 5.96 Å². The highest BCUT2D eigenvalue weighted by Gasteiger charge is 2.30. The first-order chi connectivity index (χ1) is 9.16. The van der Waals surface area contributed by atoms with Crippen LogP contribution in [0.5, 0.6) is 0 Å². The van der Waals surface area contributed by atoms with E-state index in [1.54, 1.807) is 6.33 Å². The summed E-state index contributed by atoms with van der Waals surface area (Å²) in [7, 11) is 1.97. The number of aliphatic imine (C=N–C) groups is 1. The zero-order chi connectivity index (χ0) is 13.4. The molecule has 1 atom stereocenters. The normalized spacial score (nSPS) is 18.7. The van der Waals surface area contributed by atoms with Gasteiger partial charge in [-0.25, -0.2) is 4.98 Å². The van der Waals surface area contributed by atoms with E-state index in [1.165, 1.54) is 0 Å². The number of halogens is 1. The van der Waals surface area contributed by atoms with Gasteiger partial charge in [0.25, 0.3) is 0 Å². The van der Waals surface area contributed by atoms with Crippen LogP contribution < -0.4 is 10.6 Å². The summed E-state index contributed by atoms with van der Waals surface area (Å²) in [6, 6.07) is 7.67. The van der Waals surface area contributed by atoms with Gasteiger partial charge in [0.05, 0.1) is 30.8 Å². The fourth-order valence-corrected chi connectivity index (χ4v) is 2.45. The van der Waals surface area contributed by atoms with Crippen molar-refractivity contribution in [1.29, 1.82) is 0 Å². The molecule has 0 amide bonds. The molecule has 1 aromatic carbocycles. The van der Waals surface area contributed by atoms with E-state index in [4.69, 9.17) is 17.3 Å². The van der Waals surface area contributed by atoms with Crippen molar-refractivity contribution < 1.29 is 0 Å². The largest absolute Gasteiger partial charge is 0.369 e. The minimum Gasteiger partial charge on any atom is -0.369 e. The molecule has 2 heterocycles. The topological polar surface area (TPSA) is 59.4 Å². The van der Waals surface area contributed by atoms with E-state index in [9.17, 15) is 0 Å². The van der Waals surface area contributed by atoms with E-state index in [-0.39, 0.29) is 6.04 Å². The summed E-state index contributed by atoms with van der Waals surface area (Å²) in [5.74, 6) is 0.522. The second-order valence-corrected chi connectivity index (χ2v) is 4.93. The fourth-order valence-electron chi connectivity index (χ4n) is 2.33. The molecule has 1 aliphatic rings. The third kappa shape index (κ3) is 2.06. The highest BCUT2D eigenvalue weighted by atomic mass is 35.5. The average Bonchev–Trinajstić information content (AvgIpc) is 2.97. The Morgan fingerprint density at radius 2 is 2.05 bits per heavy atom. The first kappa shape index (κ1) is 12.0. The van der Waals surface area contributed by atoms with Crippen molar-refractivity contribution in [3.05, 3.63) is 47.5 Å². The molecular weight excluding hydrogens is 262 g/mol. The fraction of sp³-hybridized carbons (Fsp3) is 0.231. The number of hydrogen-bond acceptors (Lipinski definition) is 4. The average molecular weight is 276 g/mol. The monoisotopic (exact) mass is 275 g/mol. The lowest BCUT2D eigenvalue weighted by Crippen LogP contribution is -2.36. The van der Waals surface area contributed by atoms with Crippen LogP contribution in [0.1, 0.15) is 11.7 Å². The number of nitrogens with two attached hydrogens (primary N) is 1. The van der Waals surface area contributed by atoms with E-state index in [2.05, 4.69) is 9.98 Å². The number of imidazole rings is 1. The molecule has 3 rings (SSSR count). The number of anilines is 1. The SMILES string of the molecule is Cn1cncc1C1CN=C(N)N1c1ccc(Cl)cc1. The summed E-state index contributed by atoms with van der Waals surface area (Å²) >= 11 is 5.92. The molecule has 0 radical (unpaired) electrons. The van der Waals surface area contributed by atoms with Crippen molar-refractivity contribution in [2.45, 2.75) is 6.04 Å². The maximum Gasteiger partial charge on any atom is 0.196 e. The summed E-state index contributed by atoms with van der Waals surface area (Å²) in [5.41, 5.74) is 8.07. The molecule has 98 valence electrons. The van der Waals surface area contributed by atoms with Gasteiger partial charge in [0.2, 0.25) is 0 Å². The van der Waals surface area contributed by atoms with Gasteiger partial charge in [0, 0.05) is 17.8 Å². The van der Waals surface area contributed by atoms with Crippen molar-refractivity contribution in [2.24, 2.45) is 17.8 Å². The Bertz CT molecular complexity index is 616. The van der Waals surface area contributed by atoms with E-state index >= 15 is 0 Å². The van der Waals surface area contributed by atoms with Crippen molar-refractivity contribution >= 4 is 23.2 Å². The number of nitrogens with zero attached hydrogens (tertiary/aromatic N) is 4. The van der Waals surface area contributed by atoms with Crippen LogP contribution in [0.2, 0.25) is 5.02 Å². The van der Waals surface area contributed by atoms with E-state index in [0.717, 1.165) is 11.4 Å². The molecular formula is C13H14ClN5. The van der Waals surface area contributed by atoms with Crippen molar-refractivity contribution in [1.82, 2.24) is 9.55 Å². The Morgan fingerprint density at radius 3 is 2.68 bits per heavy atom. The molecule has 6 heteroatoms. The van der Waals surface area contributed by atoms with Crippen molar-refractivity contribution in [2.75, 3.05) is 11.4 Å². The molecule has 0 spiro atoms. The van der Waals surface area contributed by atoms with Gasteiger partial charge in [-0.3, -0.25) is 4.99 Å². The lowest BCUT2D eigenvalue weighted by molar-refractivity contribution is 0.689. The maximum absolute atomic E-state index is 6.01. The molecule has 0 bridgehead atoms. The Balaban J connectivity index is 1.99.